The van der Waals surface area contributed by atoms with E-state index in [0.717, 1.165) is 4.31 Å². The molecule has 1 aliphatic heterocycles. The van der Waals surface area contributed by atoms with Crippen LogP contribution in [0.15, 0.2) is 41.3 Å². The molecule has 0 unspecified atom stereocenters. The fraction of sp³-hybridized carbons (Fsp3) is 0.440. The number of fused-ring (bicyclic) bond motifs is 1. The average Bonchev–Trinajstić information content (AvgIpc) is 3.23. The maximum Gasteiger partial charge on any atom is 0.404 e. The number of rotatable bonds is 11. The molecule has 4 amide bonds. The summed E-state index contributed by atoms with van der Waals surface area (Å²) in [7, 11) is -4.34. The van der Waals surface area contributed by atoms with Crippen LogP contribution in [-0.4, -0.2) is 95.7 Å². The van der Waals surface area contributed by atoms with Gasteiger partial charge in [0, 0.05) is 30.7 Å². The van der Waals surface area contributed by atoms with E-state index in [1.807, 2.05) is 0 Å². The fourth-order valence-electron chi connectivity index (χ4n) is 4.62. The van der Waals surface area contributed by atoms with Crippen molar-refractivity contribution < 1.29 is 32.7 Å². The zero-order chi connectivity index (χ0) is 29.1. The second-order valence-corrected chi connectivity index (χ2v) is 11.9. The molecule has 0 saturated carbocycles. The zero-order valence-electron chi connectivity index (χ0n) is 21.8. The van der Waals surface area contributed by atoms with Crippen LogP contribution in [0.1, 0.15) is 27.2 Å². The lowest BCUT2D eigenvalue weighted by atomic mass is 10.1. The number of hydrogen-bond donors (Lipinski definition) is 3. The number of hydrogen-bond acceptors (Lipinski definition) is 6. The van der Waals surface area contributed by atoms with E-state index in [2.05, 4.69) is 5.32 Å². The predicted molar refractivity (Wildman–Crippen MR) is 145 cm³/mol. The molecule has 3 rings (SSSR count). The van der Waals surface area contributed by atoms with Crippen LogP contribution < -0.4 is 11.1 Å². The van der Waals surface area contributed by atoms with Crippen LogP contribution in [-0.2, 0) is 24.4 Å². The Labute approximate surface area is 231 Å². The van der Waals surface area contributed by atoms with Crippen molar-refractivity contribution >= 4 is 56.2 Å². The maximum absolute atomic E-state index is 13.7. The summed E-state index contributed by atoms with van der Waals surface area (Å²) in [5, 5.41) is 12.8. The topological polar surface area (TPSA) is 170 Å². The van der Waals surface area contributed by atoms with Crippen LogP contribution in [0.2, 0.25) is 5.02 Å². The Morgan fingerprint density at radius 2 is 1.79 bits per heavy atom. The monoisotopic (exact) mass is 581 g/mol. The van der Waals surface area contributed by atoms with E-state index >= 15 is 0 Å². The highest BCUT2D eigenvalue weighted by molar-refractivity contribution is 7.89. The molecule has 0 bridgehead atoms. The molecule has 1 heterocycles. The highest BCUT2D eigenvalue weighted by Gasteiger charge is 2.45. The third-order valence-corrected chi connectivity index (χ3v) is 8.70. The van der Waals surface area contributed by atoms with E-state index in [0.29, 0.717) is 15.8 Å². The molecule has 14 heteroatoms. The van der Waals surface area contributed by atoms with Gasteiger partial charge in [0.2, 0.25) is 27.7 Å². The van der Waals surface area contributed by atoms with Gasteiger partial charge in [-0.15, -0.1) is 0 Å². The summed E-state index contributed by atoms with van der Waals surface area (Å²) in [6.07, 6.45) is -1.17. The molecule has 1 aliphatic rings. The molecule has 2 aromatic rings. The summed E-state index contributed by atoms with van der Waals surface area (Å²) >= 11 is 6.02. The van der Waals surface area contributed by atoms with Gasteiger partial charge in [-0.05, 0) is 62.2 Å². The lowest BCUT2D eigenvalue weighted by Gasteiger charge is -2.33. The Morgan fingerprint density at radius 1 is 1.15 bits per heavy atom. The van der Waals surface area contributed by atoms with E-state index in [4.69, 9.17) is 22.4 Å². The number of benzene rings is 2. The minimum absolute atomic E-state index is 0.00510. The van der Waals surface area contributed by atoms with Gasteiger partial charge < -0.3 is 26.0 Å². The van der Waals surface area contributed by atoms with E-state index in [9.17, 15) is 27.6 Å². The molecule has 0 radical (unpaired) electrons. The van der Waals surface area contributed by atoms with Crippen LogP contribution in [0, 0.1) is 0 Å². The Morgan fingerprint density at radius 3 is 2.41 bits per heavy atom. The summed E-state index contributed by atoms with van der Waals surface area (Å²) in [4.78, 5) is 52.0. The first-order valence-corrected chi connectivity index (χ1v) is 14.1. The van der Waals surface area contributed by atoms with Gasteiger partial charge >= 0.3 is 6.09 Å². The summed E-state index contributed by atoms with van der Waals surface area (Å²) in [6, 6.07) is 6.90. The smallest absolute Gasteiger partial charge is 0.404 e. The van der Waals surface area contributed by atoms with Crippen molar-refractivity contribution in [3.05, 3.63) is 41.4 Å². The number of nitrogens with two attached hydrogens (primary N) is 1. The zero-order valence-corrected chi connectivity index (χ0v) is 23.4. The van der Waals surface area contributed by atoms with Crippen LogP contribution in [0.25, 0.3) is 10.8 Å². The molecule has 12 nitrogen and oxygen atoms in total. The molecule has 1 fully saturated rings. The summed E-state index contributed by atoms with van der Waals surface area (Å²) in [6.45, 7) is 4.52. The van der Waals surface area contributed by atoms with Crippen LogP contribution in [0.5, 0.6) is 0 Å². The van der Waals surface area contributed by atoms with E-state index in [1.54, 1.807) is 38.1 Å². The van der Waals surface area contributed by atoms with Crippen molar-refractivity contribution in [2.24, 2.45) is 5.73 Å². The number of primary amides is 1. The Bertz CT molecular complexity index is 1380. The molecule has 0 aromatic heterocycles. The van der Waals surface area contributed by atoms with E-state index < -0.39 is 52.5 Å². The first-order chi connectivity index (χ1) is 18.2. The third-order valence-electron chi connectivity index (χ3n) is 6.61. The van der Waals surface area contributed by atoms with Crippen molar-refractivity contribution in [2.45, 2.75) is 50.2 Å². The third kappa shape index (κ3) is 6.78. The lowest BCUT2D eigenvalue weighted by Crippen LogP contribution is -2.54. The second-order valence-electron chi connectivity index (χ2n) is 9.54. The molecular formula is C25H32ClN5O7S. The van der Waals surface area contributed by atoms with Gasteiger partial charge in [-0.25, -0.2) is 13.2 Å². The number of amides is 4. The molecule has 39 heavy (non-hydrogen) atoms. The minimum Gasteiger partial charge on any atom is -0.465 e. The highest BCUT2D eigenvalue weighted by Crippen LogP contribution is 2.29. The van der Waals surface area contributed by atoms with Crippen molar-refractivity contribution in [1.82, 2.24) is 19.4 Å². The molecule has 0 aliphatic carbocycles. The molecule has 0 spiro atoms. The fourth-order valence-corrected chi connectivity index (χ4v) is 6.42. The molecular weight excluding hydrogens is 550 g/mol. The van der Waals surface area contributed by atoms with E-state index in [1.165, 1.54) is 28.9 Å². The minimum atomic E-state index is -4.34. The maximum atomic E-state index is 13.7. The second kappa shape index (κ2) is 12.2. The van der Waals surface area contributed by atoms with Gasteiger partial charge in [-0.2, -0.15) is 4.31 Å². The summed E-state index contributed by atoms with van der Waals surface area (Å²) in [5.41, 5.74) is 5.38. The Hall–Kier alpha value is -3.42. The number of carbonyl (C=O) groups is 4. The SMILES string of the molecule is CC(C)N(CCNC(=O)O)C(=O)[C@H](C)N1CC[C@H](N(CC(N)=O)S(=O)(=O)c2ccc3cc(Cl)ccc3c2)C1=O. The number of carbonyl (C=O) groups excluding carboxylic acids is 3. The van der Waals surface area contributed by atoms with Crippen molar-refractivity contribution in [2.75, 3.05) is 26.2 Å². The van der Waals surface area contributed by atoms with Crippen LogP contribution in [0.4, 0.5) is 4.79 Å². The number of likely N-dealkylation sites (tertiary alicyclic amines) is 1. The molecule has 2 aromatic carbocycles. The van der Waals surface area contributed by atoms with Crippen molar-refractivity contribution in [3.63, 3.8) is 0 Å². The average molecular weight is 582 g/mol. The first kappa shape index (κ1) is 30.1. The van der Waals surface area contributed by atoms with Crippen LogP contribution in [0.3, 0.4) is 0 Å². The van der Waals surface area contributed by atoms with Gasteiger partial charge in [0.1, 0.15) is 12.1 Å². The quantitative estimate of drug-likeness (QED) is 0.360. The standard InChI is InChI=1S/C25H32ClN5O7S/c1-15(2)29(11-9-28-25(35)36)23(33)16(3)30-10-8-21(24(30)34)31(14-22(27)32)39(37,38)20-7-5-17-12-19(26)6-4-18(17)13-20/h4-7,12-13,15-16,21,28H,8-11,14H2,1-3H3,(H2,27,32)(H,35,36)/t16-,21-/m0/s1. The highest BCUT2D eigenvalue weighted by atomic mass is 35.5. The normalized spacial score (nSPS) is 16.6. The van der Waals surface area contributed by atoms with Gasteiger partial charge in [-0.1, -0.05) is 23.7 Å². The Kier molecular flexibility index (Phi) is 9.41. The van der Waals surface area contributed by atoms with Gasteiger partial charge in [0.15, 0.2) is 0 Å². The van der Waals surface area contributed by atoms with E-state index in [-0.39, 0.29) is 37.0 Å². The first-order valence-electron chi connectivity index (χ1n) is 12.3. The molecule has 4 N–H and O–H groups in total. The molecule has 212 valence electrons. The van der Waals surface area contributed by atoms with Crippen molar-refractivity contribution in [1.29, 1.82) is 0 Å². The lowest BCUT2D eigenvalue weighted by molar-refractivity contribution is -0.145. The number of halogens is 1. The van der Waals surface area contributed by atoms with Gasteiger partial charge in [-0.3, -0.25) is 14.4 Å². The summed E-state index contributed by atoms with van der Waals surface area (Å²) < 4.78 is 28.2. The summed E-state index contributed by atoms with van der Waals surface area (Å²) in [5.74, 6) is -1.97. The predicted octanol–water partition coefficient (Wildman–Crippen LogP) is 1.46. The largest absolute Gasteiger partial charge is 0.465 e. The number of carboxylic acid groups (broad SMARTS) is 1. The number of nitrogens with zero attached hydrogens (tertiary/aromatic N) is 3. The number of sulfonamides is 1. The van der Waals surface area contributed by atoms with Gasteiger partial charge in [0.05, 0.1) is 11.4 Å². The van der Waals surface area contributed by atoms with Crippen molar-refractivity contribution in [3.8, 4) is 0 Å². The number of nitrogens with one attached hydrogen (secondary N) is 1. The molecule has 1 saturated heterocycles. The Balaban J connectivity index is 1.86. The van der Waals surface area contributed by atoms with Crippen LogP contribution >= 0.6 is 11.6 Å². The van der Waals surface area contributed by atoms with Gasteiger partial charge in [0.25, 0.3) is 0 Å². The molecule has 2 atom stereocenters.